The molecule has 0 aliphatic heterocycles. The molecule has 1 aromatic carbocycles. The van der Waals surface area contributed by atoms with Crippen LogP contribution in [0, 0.1) is 5.92 Å². The molecule has 0 unspecified atom stereocenters. The van der Waals surface area contributed by atoms with E-state index in [-0.39, 0.29) is 17.7 Å². The Kier molecular flexibility index (Phi) is 5.88. The normalized spacial score (nSPS) is 14.4. The van der Waals surface area contributed by atoms with E-state index in [9.17, 15) is 9.59 Å². The third-order valence-electron chi connectivity index (χ3n) is 5.51. The van der Waals surface area contributed by atoms with E-state index < -0.39 is 0 Å². The molecule has 7 nitrogen and oxygen atoms in total. The summed E-state index contributed by atoms with van der Waals surface area (Å²) in [5.41, 5.74) is 2.96. The molecule has 0 saturated heterocycles. The number of nitrogens with one attached hydrogen (secondary N) is 2. The van der Waals surface area contributed by atoms with Crippen LogP contribution in [0.3, 0.4) is 0 Å². The van der Waals surface area contributed by atoms with Gasteiger partial charge in [0.25, 0.3) is 5.91 Å². The number of carbonyl (C=O) groups is 2. The second-order valence-corrected chi connectivity index (χ2v) is 7.54. The largest absolute Gasteiger partial charge is 0.354 e. The van der Waals surface area contributed by atoms with Crippen molar-refractivity contribution in [1.29, 1.82) is 0 Å². The third-order valence-corrected chi connectivity index (χ3v) is 5.51. The molecule has 3 aromatic rings. The molecule has 7 heteroatoms. The van der Waals surface area contributed by atoms with Crippen LogP contribution in [0.1, 0.15) is 31.9 Å². The van der Waals surface area contributed by atoms with E-state index in [4.69, 9.17) is 0 Å². The molecule has 0 atom stereocenters. The molecule has 30 heavy (non-hydrogen) atoms. The molecule has 1 fully saturated rings. The highest BCUT2D eigenvalue weighted by molar-refractivity contribution is 6.06. The van der Waals surface area contributed by atoms with Gasteiger partial charge in [0.2, 0.25) is 5.91 Å². The number of allylic oxidation sites excluding steroid dienone is 1. The summed E-state index contributed by atoms with van der Waals surface area (Å²) in [6.07, 6.45) is 6.33. The molecule has 0 radical (unpaired) electrons. The number of anilines is 1. The van der Waals surface area contributed by atoms with Crippen LogP contribution in [0.15, 0.2) is 54.7 Å². The van der Waals surface area contributed by atoms with Gasteiger partial charge in [0.05, 0.1) is 5.69 Å². The quantitative estimate of drug-likeness (QED) is 0.592. The molecule has 1 aliphatic rings. The number of amides is 2. The van der Waals surface area contributed by atoms with Crippen molar-refractivity contribution in [3.8, 4) is 0 Å². The van der Waals surface area contributed by atoms with Gasteiger partial charge in [-0.3, -0.25) is 14.7 Å². The summed E-state index contributed by atoms with van der Waals surface area (Å²) in [4.78, 5) is 31.2. The van der Waals surface area contributed by atoms with Crippen LogP contribution >= 0.6 is 0 Å². The van der Waals surface area contributed by atoms with Crippen molar-refractivity contribution in [3.63, 3.8) is 0 Å². The van der Waals surface area contributed by atoms with Crippen LogP contribution in [0.2, 0.25) is 0 Å². The molecule has 0 spiro atoms. The zero-order chi connectivity index (χ0) is 20.9. The van der Waals surface area contributed by atoms with Crippen molar-refractivity contribution in [2.45, 2.75) is 26.2 Å². The molecular weight excluding hydrogens is 378 g/mol. The van der Waals surface area contributed by atoms with Crippen molar-refractivity contribution >= 4 is 34.1 Å². The molecule has 1 aliphatic carbocycles. The van der Waals surface area contributed by atoms with Crippen LogP contribution < -0.4 is 10.2 Å². The van der Waals surface area contributed by atoms with Crippen molar-refractivity contribution < 1.29 is 9.59 Å². The molecule has 154 valence electrons. The molecule has 2 aromatic heterocycles. The lowest BCUT2D eigenvalue weighted by atomic mass is 9.85. The predicted molar refractivity (Wildman–Crippen MR) is 117 cm³/mol. The number of para-hydroxylation sites is 1. The first-order valence-electron chi connectivity index (χ1n) is 10.3. The number of rotatable bonds is 7. The van der Waals surface area contributed by atoms with Gasteiger partial charge in [0.15, 0.2) is 5.65 Å². The van der Waals surface area contributed by atoms with Gasteiger partial charge in [0, 0.05) is 42.4 Å². The van der Waals surface area contributed by atoms with Gasteiger partial charge in [-0.15, -0.1) is 0 Å². The average Bonchev–Trinajstić information content (AvgIpc) is 3.15. The zero-order valence-corrected chi connectivity index (χ0v) is 17.0. The number of nitrogens with zero attached hydrogens (tertiary/aromatic N) is 3. The number of aromatic nitrogens is 3. The summed E-state index contributed by atoms with van der Waals surface area (Å²) in [6, 6.07) is 13.3. The minimum atomic E-state index is -0.150. The maximum absolute atomic E-state index is 13.1. The first-order chi connectivity index (χ1) is 14.6. The standard InChI is InChI=1S/C23H25N5O2/c1-16(21-19-11-6-12-24-22(19)27-26-21)15-20(29)28(18-9-3-2-4-10-18)14-13-25-23(30)17-7-5-8-17/h2-4,6,9-12,15,17H,5,7-8,13-14H2,1H3,(H,25,30)(H,24,26,27)/b16-15+. The van der Waals surface area contributed by atoms with Gasteiger partial charge in [-0.1, -0.05) is 24.6 Å². The molecule has 2 heterocycles. The zero-order valence-electron chi connectivity index (χ0n) is 17.0. The fourth-order valence-electron chi connectivity index (χ4n) is 3.57. The molecular formula is C23H25N5O2. The first kappa shape index (κ1) is 19.8. The number of benzene rings is 1. The molecule has 1 saturated carbocycles. The lowest BCUT2D eigenvalue weighted by Gasteiger charge is -2.26. The first-order valence-corrected chi connectivity index (χ1v) is 10.3. The lowest BCUT2D eigenvalue weighted by molar-refractivity contribution is -0.127. The van der Waals surface area contributed by atoms with Gasteiger partial charge >= 0.3 is 0 Å². The fourth-order valence-corrected chi connectivity index (χ4v) is 3.57. The number of aromatic amines is 1. The van der Waals surface area contributed by atoms with E-state index in [0.717, 1.165) is 41.6 Å². The molecule has 2 N–H and O–H groups in total. The van der Waals surface area contributed by atoms with E-state index in [1.165, 1.54) is 0 Å². The van der Waals surface area contributed by atoms with Gasteiger partial charge in [-0.25, -0.2) is 4.98 Å². The predicted octanol–water partition coefficient (Wildman–Crippen LogP) is 3.31. The Morgan fingerprint density at radius 3 is 2.73 bits per heavy atom. The Labute approximate surface area is 175 Å². The summed E-state index contributed by atoms with van der Waals surface area (Å²) >= 11 is 0. The van der Waals surface area contributed by atoms with Crippen molar-refractivity contribution in [3.05, 3.63) is 60.4 Å². The van der Waals surface area contributed by atoms with Crippen molar-refractivity contribution in [2.75, 3.05) is 18.0 Å². The summed E-state index contributed by atoms with van der Waals surface area (Å²) in [6.45, 7) is 2.69. The van der Waals surface area contributed by atoms with Crippen molar-refractivity contribution in [1.82, 2.24) is 20.5 Å². The minimum absolute atomic E-state index is 0.0878. The van der Waals surface area contributed by atoms with Crippen LogP contribution in [0.5, 0.6) is 0 Å². The highest BCUT2D eigenvalue weighted by Gasteiger charge is 2.25. The van der Waals surface area contributed by atoms with E-state index in [0.29, 0.717) is 18.7 Å². The molecule has 0 bridgehead atoms. The van der Waals surface area contributed by atoms with Crippen LogP contribution in [-0.4, -0.2) is 40.1 Å². The second kappa shape index (κ2) is 8.90. The topological polar surface area (TPSA) is 91.0 Å². The number of fused-ring (bicyclic) bond motifs is 1. The van der Waals surface area contributed by atoms with Crippen LogP contribution in [0.4, 0.5) is 5.69 Å². The SMILES string of the molecule is C/C(=C\C(=O)N(CCNC(=O)C1CCC1)c1ccccc1)c1[nH]nc2ncccc12. The van der Waals surface area contributed by atoms with Gasteiger partial charge in [-0.2, -0.15) is 5.10 Å². The molecule has 2 amide bonds. The number of hydrogen-bond acceptors (Lipinski definition) is 4. The number of H-pyrrole nitrogens is 1. The monoisotopic (exact) mass is 403 g/mol. The minimum Gasteiger partial charge on any atom is -0.354 e. The summed E-state index contributed by atoms with van der Waals surface area (Å²) in [7, 11) is 0. The fraction of sp³-hybridized carbons (Fsp3) is 0.304. The maximum Gasteiger partial charge on any atom is 0.251 e. The van der Waals surface area contributed by atoms with Crippen molar-refractivity contribution in [2.24, 2.45) is 5.92 Å². The van der Waals surface area contributed by atoms with E-state index in [1.807, 2.05) is 49.4 Å². The van der Waals surface area contributed by atoms with Crippen LogP contribution in [-0.2, 0) is 9.59 Å². The Balaban J connectivity index is 1.51. The summed E-state index contributed by atoms with van der Waals surface area (Å²) in [5, 5.41) is 11.0. The lowest BCUT2D eigenvalue weighted by Crippen LogP contribution is -2.41. The number of carbonyl (C=O) groups excluding carboxylic acids is 2. The van der Waals surface area contributed by atoms with Gasteiger partial charge in [-0.05, 0) is 49.6 Å². The summed E-state index contributed by atoms with van der Waals surface area (Å²) < 4.78 is 0. The van der Waals surface area contributed by atoms with Gasteiger partial charge in [0.1, 0.15) is 0 Å². The van der Waals surface area contributed by atoms with Gasteiger partial charge < -0.3 is 10.2 Å². The number of hydrogen-bond donors (Lipinski definition) is 2. The Hall–Kier alpha value is -3.48. The Bertz CT molecular complexity index is 1070. The van der Waals surface area contributed by atoms with Crippen LogP contribution in [0.25, 0.3) is 16.6 Å². The Morgan fingerprint density at radius 2 is 2.00 bits per heavy atom. The Morgan fingerprint density at radius 1 is 1.20 bits per heavy atom. The van der Waals surface area contributed by atoms with E-state index >= 15 is 0 Å². The summed E-state index contributed by atoms with van der Waals surface area (Å²) in [5.74, 6) is 0.0726. The third kappa shape index (κ3) is 4.25. The molecule has 4 rings (SSSR count). The smallest absolute Gasteiger partial charge is 0.251 e. The highest BCUT2D eigenvalue weighted by Crippen LogP contribution is 2.26. The van der Waals surface area contributed by atoms with E-state index in [1.54, 1.807) is 17.2 Å². The number of pyridine rings is 1. The maximum atomic E-state index is 13.1. The highest BCUT2D eigenvalue weighted by atomic mass is 16.2. The second-order valence-electron chi connectivity index (χ2n) is 7.54. The van der Waals surface area contributed by atoms with E-state index in [2.05, 4.69) is 20.5 Å². The average molecular weight is 403 g/mol.